The first-order valence-electron chi connectivity index (χ1n) is 14.3. The Morgan fingerprint density at radius 3 is 2.23 bits per heavy atom. The third-order valence-corrected chi connectivity index (χ3v) is 9.07. The molecule has 9 rings (SSSR count). The standard InChI is InChI=1S/C36H23N7S/c1-2-9-35-30(8-1)40-36(44-35)25-10-13-27-28-23-26(41-19-5-17-38-41)12-15-31(28)43(33(27)22-25)34-21-24(29-7-3-4-16-37-29)11-14-32(34)42-20-6-18-39-42/h1-23H. The van der Waals surface area contributed by atoms with Crippen molar-refractivity contribution in [1.82, 2.24) is 34.1 Å². The summed E-state index contributed by atoms with van der Waals surface area (Å²) in [6.07, 6.45) is 9.40. The van der Waals surface area contributed by atoms with E-state index in [1.54, 1.807) is 17.5 Å². The summed E-state index contributed by atoms with van der Waals surface area (Å²) in [6.45, 7) is 0. The van der Waals surface area contributed by atoms with Crippen LogP contribution in [0.15, 0.2) is 140 Å². The SMILES string of the molecule is c1ccc(-c2ccc(-n3cccn3)c(-n3c4ccc(-n5cccn5)cc4c4ccc(-c5nc6ccccc6s5)cc43)c2)nc1. The summed E-state index contributed by atoms with van der Waals surface area (Å²) >= 11 is 1.71. The highest BCUT2D eigenvalue weighted by atomic mass is 32.1. The summed E-state index contributed by atoms with van der Waals surface area (Å²) in [5, 5.41) is 12.4. The normalized spacial score (nSPS) is 11.6. The Balaban J connectivity index is 1.36. The molecule has 0 aliphatic carbocycles. The van der Waals surface area contributed by atoms with Crippen LogP contribution in [-0.4, -0.2) is 34.1 Å². The van der Waals surface area contributed by atoms with E-state index in [2.05, 4.69) is 92.5 Å². The lowest BCUT2D eigenvalue weighted by atomic mass is 10.1. The van der Waals surface area contributed by atoms with Crippen LogP contribution in [0.2, 0.25) is 0 Å². The molecule has 0 saturated carbocycles. The van der Waals surface area contributed by atoms with Gasteiger partial charge in [-0.05, 0) is 72.8 Å². The molecule has 7 nitrogen and oxygen atoms in total. The molecule has 0 atom stereocenters. The minimum atomic E-state index is 0.915. The van der Waals surface area contributed by atoms with Gasteiger partial charge >= 0.3 is 0 Å². The minimum absolute atomic E-state index is 0.915. The van der Waals surface area contributed by atoms with E-state index in [1.165, 1.54) is 4.70 Å². The maximum absolute atomic E-state index is 4.98. The van der Waals surface area contributed by atoms with Gasteiger partial charge in [0.2, 0.25) is 0 Å². The number of para-hydroxylation sites is 1. The number of benzene rings is 4. The smallest absolute Gasteiger partial charge is 0.124 e. The second-order valence-corrected chi connectivity index (χ2v) is 11.6. The van der Waals surface area contributed by atoms with E-state index in [-0.39, 0.29) is 0 Å². The summed E-state index contributed by atoms with van der Waals surface area (Å²) in [7, 11) is 0. The van der Waals surface area contributed by atoms with Gasteiger partial charge in [-0.1, -0.05) is 36.4 Å². The topological polar surface area (TPSA) is 66.3 Å². The van der Waals surface area contributed by atoms with Crippen LogP contribution in [0.1, 0.15) is 0 Å². The molecule has 9 aromatic rings. The van der Waals surface area contributed by atoms with Gasteiger partial charge in [0.05, 0.1) is 44.0 Å². The minimum Gasteiger partial charge on any atom is -0.307 e. The van der Waals surface area contributed by atoms with Crippen LogP contribution in [0, 0.1) is 0 Å². The number of thiazole rings is 1. The van der Waals surface area contributed by atoms with Crippen molar-refractivity contribution in [2.24, 2.45) is 0 Å². The van der Waals surface area contributed by atoms with E-state index in [0.717, 1.165) is 66.2 Å². The van der Waals surface area contributed by atoms with Crippen molar-refractivity contribution in [3.63, 3.8) is 0 Å². The molecular weight excluding hydrogens is 563 g/mol. The lowest BCUT2D eigenvalue weighted by Crippen LogP contribution is -2.04. The lowest BCUT2D eigenvalue weighted by Gasteiger charge is -2.16. The van der Waals surface area contributed by atoms with Crippen molar-refractivity contribution in [2.45, 2.75) is 0 Å². The van der Waals surface area contributed by atoms with Gasteiger partial charge < -0.3 is 4.57 Å². The fraction of sp³-hybridized carbons (Fsp3) is 0. The Labute approximate surface area is 255 Å². The number of nitrogens with zero attached hydrogens (tertiary/aromatic N) is 7. The van der Waals surface area contributed by atoms with Crippen LogP contribution >= 0.6 is 11.3 Å². The average Bonchev–Trinajstić information content (AvgIpc) is 3.90. The zero-order chi connectivity index (χ0) is 29.0. The molecule has 5 aromatic heterocycles. The first-order chi connectivity index (χ1) is 21.8. The lowest BCUT2D eigenvalue weighted by molar-refractivity contribution is 0.870. The summed E-state index contributed by atoms with van der Waals surface area (Å²) in [5.74, 6) is 0. The number of rotatable bonds is 5. The molecule has 0 radical (unpaired) electrons. The summed E-state index contributed by atoms with van der Waals surface area (Å²) in [6, 6.07) is 37.8. The quantitative estimate of drug-likeness (QED) is 0.203. The maximum Gasteiger partial charge on any atom is 0.124 e. The van der Waals surface area contributed by atoms with Crippen LogP contribution in [0.25, 0.3) is 70.9 Å². The molecule has 0 aliphatic heterocycles. The first kappa shape index (κ1) is 24.7. The second-order valence-electron chi connectivity index (χ2n) is 10.6. The zero-order valence-corrected chi connectivity index (χ0v) is 24.1. The van der Waals surface area contributed by atoms with Gasteiger partial charge in [-0.25, -0.2) is 14.3 Å². The Kier molecular flexibility index (Phi) is 5.54. The molecule has 0 spiro atoms. The highest BCUT2D eigenvalue weighted by molar-refractivity contribution is 7.21. The van der Waals surface area contributed by atoms with Crippen molar-refractivity contribution in [3.05, 3.63) is 140 Å². The van der Waals surface area contributed by atoms with Gasteiger partial charge in [-0.2, -0.15) is 10.2 Å². The van der Waals surface area contributed by atoms with Gasteiger partial charge in [0.25, 0.3) is 0 Å². The number of hydrogen-bond donors (Lipinski definition) is 0. The maximum atomic E-state index is 4.98. The van der Waals surface area contributed by atoms with E-state index < -0.39 is 0 Å². The van der Waals surface area contributed by atoms with Gasteiger partial charge in [-0.15, -0.1) is 11.3 Å². The summed E-state index contributed by atoms with van der Waals surface area (Å²) < 4.78 is 7.34. The Morgan fingerprint density at radius 2 is 1.41 bits per heavy atom. The third-order valence-electron chi connectivity index (χ3n) is 7.99. The molecule has 0 saturated heterocycles. The molecule has 5 heterocycles. The molecular formula is C36H23N7S. The number of fused-ring (bicyclic) bond motifs is 4. The van der Waals surface area contributed by atoms with E-state index in [4.69, 9.17) is 4.98 Å². The van der Waals surface area contributed by atoms with Crippen LogP contribution in [0.3, 0.4) is 0 Å². The zero-order valence-electron chi connectivity index (χ0n) is 23.3. The third kappa shape index (κ3) is 3.96. The fourth-order valence-electron chi connectivity index (χ4n) is 5.96. The Hall–Kier alpha value is -5.86. The van der Waals surface area contributed by atoms with Crippen molar-refractivity contribution in [2.75, 3.05) is 0 Å². The second kappa shape index (κ2) is 9.86. The van der Waals surface area contributed by atoms with Gasteiger partial charge in [0, 0.05) is 52.9 Å². The molecule has 44 heavy (non-hydrogen) atoms. The molecule has 0 amide bonds. The molecule has 0 bridgehead atoms. The number of aromatic nitrogens is 7. The molecule has 8 heteroatoms. The molecule has 0 aliphatic rings. The van der Waals surface area contributed by atoms with Gasteiger partial charge in [0.1, 0.15) is 5.01 Å². The van der Waals surface area contributed by atoms with E-state index in [0.29, 0.717) is 0 Å². The van der Waals surface area contributed by atoms with E-state index in [9.17, 15) is 0 Å². The summed E-state index contributed by atoms with van der Waals surface area (Å²) in [5.41, 5.74) is 9.19. The molecule has 0 unspecified atom stereocenters. The highest BCUT2D eigenvalue weighted by Gasteiger charge is 2.19. The van der Waals surface area contributed by atoms with Crippen molar-refractivity contribution < 1.29 is 0 Å². The Bertz CT molecular complexity index is 2400. The molecule has 4 aromatic carbocycles. The van der Waals surface area contributed by atoms with Crippen LogP contribution < -0.4 is 0 Å². The first-order valence-corrected chi connectivity index (χ1v) is 15.1. The van der Waals surface area contributed by atoms with Crippen LogP contribution in [0.4, 0.5) is 0 Å². The molecule has 0 N–H and O–H groups in total. The average molecular weight is 586 g/mol. The molecule has 0 fully saturated rings. The van der Waals surface area contributed by atoms with E-state index >= 15 is 0 Å². The van der Waals surface area contributed by atoms with Crippen molar-refractivity contribution in [1.29, 1.82) is 0 Å². The van der Waals surface area contributed by atoms with Crippen molar-refractivity contribution >= 4 is 43.4 Å². The largest absolute Gasteiger partial charge is 0.307 e. The number of pyridine rings is 1. The van der Waals surface area contributed by atoms with Crippen LogP contribution in [-0.2, 0) is 0 Å². The number of hydrogen-bond acceptors (Lipinski definition) is 5. The predicted molar refractivity (Wildman–Crippen MR) is 177 cm³/mol. The van der Waals surface area contributed by atoms with Gasteiger partial charge in [0.15, 0.2) is 0 Å². The monoisotopic (exact) mass is 585 g/mol. The predicted octanol–water partition coefficient (Wildman–Crippen LogP) is 8.49. The van der Waals surface area contributed by atoms with Crippen molar-refractivity contribution in [3.8, 4) is 38.9 Å². The van der Waals surface area contributed by atoms with E-state index in [1.807, 2.05) is 70.5 Å². The fourth-order valence-corrected chi connectivity index (χ4v) is 6.92. The molecule has 208 valence electrons. The Morgan fingerprint density at radius 1 is 0.568 bits per heavy atom. The van der Waals surface area contributed by atoms with Gasteiger partial charge in [-0.3, -0.25) is 4.98 Å². The summed E-state index contributed by atoms with van der Waals surface area (Å²) in [4.78, 5) is 9.64. The highest BCUT2D eigenvalue weighted by Crippen LogP contribution is 2.39. The van der Waals surface area contributed by atoms with Crippen LogP contribution in [0.5, 0.6) is 0 Å².